The van der Waals surface area contributed by atoms with Gasteiger partial charge in [-0.15, -0.1) is 0 Å². The topological polar surface area (TPSA) is 53.1 Å². The molecular weight excluding hydrogens is 334 g/mol. The van der Waals surface area contributed by atoms with Crippen molar-refractivity contribution < 1.29 is 0 Å². The van der Waals surface area contributed by atoms with Gasteiger partial charge in [0.2, 0.25) is 5.95 Å². The normalized spacial score (nSPS) is 10.5. The molecule has 0 saturated carbocycles. The van der Waals surface area contributed by atoms with Gasteiger partial charge >= 0.3 is 0 Å². The van der Waals surface area contributed by atoms with Gasteiger partial charge in [-0.25, -0.2) is 4.98 Å². The minimum atomic E-state index is 0.611. The van der Waals surface area contributed by atoms with E-state index in [2.05, 4.69) is 94.8 Å². The standard InChI is InChI=1S/C22H27N5/c1-4-27(5-2)20-12-10-19(11-13-20)25-21-14-15-23-22(26-21)24-16-18-8-6-17(3)7-9-18/h6-15H,4-5,16H2,1-3H3,(H2,23,24,25,26). The summed E-state index contributed by atoms with van der Waals surface area (Å²) in [5.74, 6) is 1.38. The molecule has 5 nitrogen and oxygen atoms in total. The van der Waals surface area contributed by atoms with Gasteiger partial charge in [-0.3, -0.25) is 0 Å². The maximum absolute atomic E-state index is 4.55. The molecule has 0 radical (unpaired) electrons. The number of aryl methyl sites for hydroxylation is 1. The molecule has 0 spiro atoms. The van der Waals surface area contributed by atoms with Gasteiger partial charge in [-0.2, -0.15) is 4.98 Å². The number of nitrogens with one attached hydrogen (secondary N) is 2. The first kappa shape index (κ1) is 18.7. The summed E-state index contributed by atoms with van der Waals surface area (Å²) >= 11 is 0. The molecule has 2 aromatic carbocycles. The molecule has 0 saturated heterocycles. The second kappa shape index (κ2) is 9.03. The molecule has 0 aliphatic rings. The minimum Gasteiger partial charge on any atom is -0.372 e. The maximum atomic E-state index is 4.55. The van der Waals surface area contributed by atoms with Gasteiger partial charge in [0, 0.05) is 37.2 Å². The van der Waals surface area contributed by atoms with Crippen LogP contribution in [0.4, 0.5) is 23.1 Å². The molecule has 2 N–H and O–H groups in total. The molecule has 3 aromatic rings. The van der Waals surface area contributed by atoms with Crippen LogP contribution in [-0.2, 0) is 6.54 Å². The van der Waals surface area contributed by atoms with Crippen molar-refractivity contribution in [2.45, 2.75) is 27.3 Å². The molecule has 140 valence electrons. The predicted octanol–water partition coefficient (Wildman–Crippen LogP) is 4.99. The molecule has 0 amide bonds. The number of rotatable bonds is 8. The zero-order chi connectivity index (χ0) is 19.1. The van der Waals surface area contributed by atoms with Gasteiger partial charge in [-0.1, -0.05) is 29.8 Å². The summed E-state index contributed by atoms with van der Waals surface area (Å²) in [6.07, 6.45) is 1.76. The van der Waals surface area contributed by atoms with Crippen LogP contribution in [0.3, 0.4) is 0 Å². The van der Waals surface area contributed by atoms with Crippen LogP contribution >= 0.6 is 0 Å². The van der Waals surface area contributed by atoms with Crippen molar-refractivity contribution in [1.29, 1.82) is 0 Å². The third kappa shape index (κ3) is 5.20. The molecule has 5 heteroatoms. The van der Waals surface area contributed by atoms with Gasteiger partial charge in [0.15, 0.2) is 0 Å². The number of aromatic nitrogens is 2. The first-order valence-corrected chi connectivity index (χ1v) is 9.42. The van der Waals surface area contributed by atoms with Crippen molar-refractivity contribution in [3.8, 4) is 0 Å². The Labute approximate surface area is 161 Å². The van der Waals surface area contributed by atoms with E-state index < -0.39 is 0 Å². The van der Waals surface area contributed by atoms with Gasteiger partial charge in [0.25, 0.3) is 0 Å². The first-order valence-electron chi connectivity index (χ1n) is 9.42. The summed E-state index contributed by atoms with van der Waals surface area (Å²) < 4.78 is 0. The fraction of sp³-hybridized carbons (Fsp3) is 0.273. The van der Waals surface area contributed by atoms with Gasteiger partial charge < -0.3 is 15.5 Å². The van der Waals surface area contributed by atoms with E-state index in [9.17, 15) is 0 Å². The highest BCUT2D eigenvalue weighted by Crippen LogP contribution is 2.20. The Bertz CT molecular complexity index is 839. The van der Waals surface area contributed by atoms with E-state index in [0.717, 1.165) is 24.6 Å². The van der Waals surface area contributed by atoms with Crippen molar-refractivity contribution in [2.24, 2.45) is 0 Å². The third-order valence-corrected chi connectivity index (χ3v) is 4.50. The lowest BCUT2D eigenvalue weighted by Crippen LogP contribution is -2.21. The van der Waals surface area contributed by atoms with E-state index in [4.69, 9.17) is 0 Å². The summed E-state index contributed by atoms with van der Waals surface area (Å²) in [6.45, 7) is 9.13. The average Bonchev–Trinajstić information content (AvgIpc) is 2.70. The van der Waals surface area contributed by atoms with Crippen molar-refractivity contribution in [1.82, 2.24) is 9.97 Å². The maximum Gasteiger partial charge on any atom is 0.224 e. The molecule has 0 atom stereocenters. The van der Waals surface area contributed by atoms with E-state index in [0.29, 0.717) is 12.5 Å². The second-order valence-corrected chi connectivity index (χ2v) is 6.45. The van der Waals surface area contributed by atoms with Crippen molar-refractivity contribution >= 4 is 23.1 Å². The van der Waals surface area contributed by atoms with E-state index in [1.165, 1.54) is 16.8 Å². The monoisotopic (exact) mass is 361 g/mol. The Hall–Kier alpha value is -3.08. The quantitative estimate of drug-likeness (QED) is 0.592. The summed E-state index contributed by atoms with van der Waals surface area (Å²) in [5, 5.41) is 6.62. The lowest BCUT2D eigenvalue weighted by molar-refractivity contribution is 0.866. The Morgan fingerprint density at radius 1 is 0.889 bits per heavy atom. The van der Waals surface area contributed by atoms with Crippen molar-refractivity contribution in [3.05, 3.63) is 71.9 Å². The van der Waals surface area contributed by atoms with Crippen LogP contribution in [0.2, 0.25) is 0 Å². The molecule has 1 aromatic heterocycles. The number of benzene rings is 2. The van der Waals surface area contributed by atoms with Crippen molar-refractivity contribution in [2.75, 3.05) is 28.6 Å². The van der Waals surface area contributed by atoms with Gasteiger partial charge in [-0.05, 0) is 56.7 Å². The average molecular weight is 361 g/mol. The van der Waals surface area contributed by atoms with E-state index >= 15 is 0 Å². The minimum absolute atomic E-state index is 0.611. The van der Waals surface area contributed by atoms with Crippen LogP contribution in [0.15, 0.2) is 60.8 Å². The zero-order valence-electron chi connectivity index (χ0n) is 16.2. The molecule has 1 heterocycles. The number of anilines is 4. The van der Waals surface area contributed by atoms with Crippen LogP contribution in [0.5, 0.6) is 0 Å². The predicted molar refractivity (Wildman–Crippen MR) is 114 cm³/mol. The SMILES string of the molecule is CCN(CC)c1ccc(Nc2ccnc(NCc3ccc(C)cc3)n2)cc1. The summed E-state index contributed by atoms with van der Waals surface area (Å²) in [4.78, 5) is 11.2. The first-order chi connectivity index (χ1) is 13.2. The van der Waals surface area contributed by atoms with Gasteiger partial charge in [0.1, 0.15) is 5.82 Å². The fourth-order valence-electron chi connectivity index (χ4n) is 2.89. The van der Waals surface area contributed by atoms with Crippen LogP contribution in [-0.4, -0.2) is 23.1 Å². The zero-order valence-corrected chi connectivity index (χ0v) is 16.2. The second-order valence-electron chi connectivity index (χ2n) is 6.45. The summed E-state index contributed by atoms with van der Waals surface area (Å²) in [7, 11) is 0. The van der Waals surface area contributed by atoms with Crippen LogP contribution < -0.4 is 15.5 Å². The van der Waals surface area contributed by atoms with Crippen LogP contribution in [0.25, 0.3) is 0 Å². The Kier molecular flexibility index (Phi) is 6.26. The van der Waals surface area contributed by atoms with Crippen molar-refractivity contribution in [3.63, 3.8) is 0 Å². The Morgan fingerprint density at radius 2 is 1.59 bits per heavy atom. The smallest absolute Gasteiger partial charge is 0.224 e. The highest BCUT2D eigenvalue weighted by molar-refractivity contribution is 5.61. The van der Waals surface area contributed by atoms with Gasteiger partial charge in [0.05, 0.1) is 0 Å². The lowest BCUT2D eigenvalue weighted by Gasteiger charge is -2.21. The number of hydrogen-bond donors (Lipinski definition) is 2. The Morgan fingerprint density at radius 3 is 2.26 bits per heavy atom. The van der Waals surface area contributed by atoms with Crippen LogP contribution in [0, 0.1) is 6.92 Å². The lowest BCUT2D eigenvalue weighted by atomic mass is 10.1. The molecule has 0 fully saturated rings. The number of hydrogen-bond acceptors (Lipinski definition) is 5. The highest BCUT2D eigenvalue weighted by Gasteiger charge is 2.03. The largest absolute Gasteiger partial charge is 0.372 e. The summed E-state index contributed by atoms with van der Waals surface area (Å²) in [6, 6.07) is 18.7. The fourth-order valence-corrected chi connectivity index (χ4v) is 2.89. The number of nitrogens with zero attached hydrogens (tertiary/aromatic N) is 3. The molecule has 27 heavy (non-hydrogen) atoms. The molecule has 0 bridgehead atoms. The van der Waals surface area contributed by atoms with Crippen LogP contribution in [0.1, 0.15) is 25.0 Å². The van der Waals surface area contributed by atoms with E-state index in [1.807, 2.05) is 6.07 Å². The third-order valence-electron chi connectivity index (χ3n) is 4.50. The summed E-state index contributed by atoms with van der Waals surface area (Å²) in [5.41, 5.74) is 4.70. The van der Waals surface area contributed by atoms with E-state index in [-0.39, 0.29) is 0 Å². The Balaban J connectivity index is 1.62. The molecule has 3 rings (SSSR count). The molecule has 0 unspecified atom stereocenters. The highest BCUT2D eigenvalue weighted by atomic mass is 15.1. The van der Waals surface area contributed by atoms with E-state index in [1.54, 1.807) is 6.20 Å². The molecule has 0 aliphatic heterocycles. The molecular formula is C22H27N5. The molecule has 0 aliphatic carbocycles.